The standard InChI is InChI=1S/C19H18FN3O2/c1-3-23-12-14-6-7-15(11-17(14)22-23)21-19(24)9-5-13-4-8-18(25-2)16(20)10-13/h4-12H,3H2,1-2H3,(H,21,24)/b9-5+. The van der Waals surface area contributed by atoms with Crippen LogP contribution in [0.1, 0.15) is 12.5 Å². The number of anilines is 1. The SMILES string of the molecule is CCn1cc2ccc(NC(=O)/C=C/c3ccc(OC)c(F)c3)cc2n1. The molecule has 1 heterocycles. The number of carbonyl (C=O) groups is 1. The van der Waals surface area contributed by atoms with Crippen LogP contribution in [0.25, 0.3) is 17.0 Å². The van der Waals surface area contributed by atoms with Crippen molar-refractivity contribution in [2.24, 2.45) is 0 Å². The number of hydrogen-bond acceptors (Lipinski definition) is 3. The van der Waals surface area contributed by atoms with Crippen molar-refractivity contribution in [1.29, 1.82) is 0 Å². The summed E-state index contributed by atoms with van der Waals surface area (Å²) < 4.78 is 20.3. The molecule has 0 saturated carbocycles. The predicted molar refractivity (Wildman–Crippen MR) is 96.0 cm³/mol. The molecule has 1 amide bonds. The number of methoxy groups -OCH3 is 1. The molecule has 2 aromatic carbocycles. The first kappa shape index (κ1) is 16.7. The van der Waals surface area contributed by atoms with Crippen molar-refractivity contribution in [3.63, 3.8) is 0 Å². The quantitative estimate of drug-likeness (QED) is 0.718. The topological polar surface area (TPSA) is 56.2 Å². The van der Waals surface area contributed by atoms with E-state index in [0.717, 1.165) is 17.4 Å². The Balaban J connectivity index is 1.70. The number of nitrogens with one attached hydrogen (secondary N) is 1. The summed E-state index contributed by atoms with van der Waals surface area (Å²) in [5, 5.41) is 8.21. The molecule has 0 radical (unpaired) electrons. The van der Waals surface area contributed by atoms with E-state index in [9.17, 15) is 9.18 Å². The Labute approximate surface area is 144 Å². The molecular formula is C19H18FN3O2. The zero-order valence-electron chi connectivity index (χ0n) is 14.0. The van der Waals surface area contributed by atoms with E-state index in [0.29, 0.717) is 11.3 Å². The number of halogens is 1. The molecule has 0 unspecified atom stereocenters. The number of fused-ring (bicyclic) bond motifs is 1. The van der Waals surface area contributed by atoms with E-state index in [-0.39, 0.29) is 11.7 Å². The molecule has 0 aliphatic heterocycles. The Morgan fingerprint density at radius 1 is 1.32 bits per heavy atom. The Kier molecular flexibility index (Phi) is 4.79. The van der Waals surface area contributed by atoms with Gasteiger partial charge in [-0.05, 0) is 48.9 Å². The molecule has 5 nitrogen and oxygen atoms in total. The van der Waals surface area contributed by atoms with Gasteiger partial charge in [0, 0.05) is 29.9 Å². The highest BCUT2D eigenvalue weighted by molar-refractivity contribution is 6.02. The fourth-order valence-corrected chi connectivity index (χ4v) is 2.45. The van der Waals surface area contributed by atoms with Gasteiger partial charge < -0.3 is 10.1 Å². The minimum absolute atomic E-state index is 0.168. The van der Waals surface area contributed by atoms with Crippen LogP contribution in [-0.4, -0.2) is 22.8 Å². The van der Waals surface area contributed by atoms with Gasteiger partial charge in [-0.2, -0.15) is 5.10 Å². The normalized spacial score (nSPS) is 11.2. The molecule has 25 heavy (non-hydrogen) atoms. The van der Waals surface area contributed by atoms with Crippen molar-refractivity contribution in [2.45, 2.75) is 13.5 Å². The number of aromatic nitrogens is 2. The number of ether oxygens (including phenoxy) is 1. The Morgan fingerprint density at radius 2 is 2.16 bits per heavy atom. The van der Waals surface area contributed by atoms with Gasteiger partial charge in [0.2, 0.25) is 5.91 Å². The highest BCUT2D eigenvalue weighted by Crippen LogP contribution is 2.19. The summed E-state index contributed by atoms with van der Waals surface area (Å²) in [6, 6.07) is 10.1. The summed E-state index contributed by atoms with van der Waals surface area (Å²) in [4.78, 5) is 12.0. The van der Waals surface area contributed by atoms with E-state index in [1.54, 1.807) is 12.1 Å². The maximum Gasteiger partial charge on any atom is 0.248 e. The molecule has 1 aromatic heterocycles. The van der Waals surface area contributed by atoms with Crippen molar-refractivity contribution < 1.29 is 13.9 Å². The second-order valence-electron chi connectivity index (χ2n) is 5.47. The number of nitrogens with zero attached hydrogens (tertiary/aromatic N) is 2. The zero-order chi connectivity index (χ0) is 17.8. The molecule has 128 valence electrons. The van der Waals surface area contributed by atoms with E-state index in [1.807, 2.05) is 36.0 Å². The molecule has 0 fully saturated rings. The van der Waals surface area contributed by atoms with Gasteiger partial charge in [0.15, 0.2) is 11.6 Å². The molecule has 0 bridgehead atoms. The zero-order valence-corrected chi connectivity index (χ0v) is 14.0. The average Bonchev–Trinajstić information content (AvgIpc) is 3.02. The Hall–Kier alpha value is -3.15. The van der Waals surface area contributed by atoms with Crippen LogP contribution in [0.4, 0.5) is 10.1 Å². The highest BCUT2D eigenvalue weighted by atomic mass is 19.1. The van der Waals surface area contributed by atoms with Gasteiger partial charge >= 0.3 is 0 Å². The lowest BCUT2D eigenvalue weighted by molar-refractivity contribution is -0.111. The first-order valence-electron chi connectivity index (χ1n) is 7.89. The van der Waals surface area contributed by atoms with Gasteiger partial charge in [-0.3, -0.25) is 9.48 Å². The minimum Gasteiger partial charge on any atom is -0.494 e. The van der Waals surface area contributed by atoms with E-state index in [1.165, 1.54) is 25.3 Å². The van der Waals surface area contributed by atoms with Gasteiger partial charge in [-0.15, -0.1) is 0 Å². The van der Waals surface area contributed by atoms with Crippen LogP contribution < -0.4 is 10.1 Å². The van der Waals surface area contributed by atoms with Crippen molar-refractivity contribution in [2.75, 3.05) is 12.4 Å². The lowest BCUT2D eigenvalue weighted by Gasteiger charge is -2.03. The summed E-state index contributed by atoms with van der Waals surface area (Å²) in [6.45, 7) is 2.80. The predicted octanol–water partition coefficient (Wildman–Crippen LogP) is 3.86. The maximum absolute atomic E-state index is 13.6. The number of hydrogen-bond donors (Lipinski definition) is 1. The molecule has 3 aromatic rings. The van der Waals surface area contributed by atoms with Gasteiger partial charge in [0.25, 0.3) is 0 Å². The molecule has 0 saturated heterocycles. The first-order valence-corrected chi connectivity index (χ1v) is 7.89. The minimum atomic E-state index is -0.470. The van der Waals surface area contributed by atoms with E-state index in [4.69, 9.17) is 4.74 Å². The van der Waals surface area contributed by atoms with Crippen LogP contribution in [0.2, 0.25) is 0 Å². The Morgan fingerprint density at radius 3 is 2.88 bits per heavy atom. The molecular weight excluding hydrogens is 321 g/mol. The van der Waals surface area contributed by atoms with E-state index in [2.05, 4.69) is 10.4 Å². The van der Waals surface area contributed by atoms with Gasteiger partial charge in [0.1, 0.15) is 0 Å². The number of carbonyl (C=O) groups excluding carboxylic acids is 1. The largest absolute Gasteiger partial charge is 0.494 e. The molecule has 6 heteroatoms. The van der Waals surface area contributed by atoms with Gasteiger partial charge in [-0.25, -0.2) is 4.39 Å². The number of benzene rings is 2. The smallest absolute Gasteiger partial charge is 0.248 e. The fourth-order valence-electron chi connectivity index (χ4n) is 2.45. The molecule has 1 N–H and O–H groups in total. The monoisotopic (exact) mass is 339 g/mol. The van der Waals surface area contributed by atoms with Crippen LogP contribution >= 0.6 is 0 Å². The summed E-state index contributed by atoms with van der Waals surface area (Å²) in [5.41, 5.74) is 2.05. The molecule has 0 atom stereocenters. The second-order valence-corrected chi connectivity index (χ2v) is 5.47. The lowest BCUT2D eigenvalue weighted by Crippen LogP contribution is -2.07. The molecule has 0 spiro atoms. The maximum atomic E-state index is 13.6. The third kappa shape index (κ3) is 3.85. The van der Waals surface area contributed by atoms with Crippen LogP contribution in [-0.2, 0) is 11.3 Å². The summed E-state index contributed by atoms with van der Waals surface area (Å²) in [6.07, 6.45) is 4.86. The van der Waals surface area contributed by atoms with Crippen LogP contribution in [0.15, 0.2) is 48.7 Å². The lowest BCUT2D eigenvalue weighted by atomic mass is 10.2. The third-order valence-corrected chi connectivity index (χ3v) is 3.75. The number of aryl methyl sites for hydroxylation is 1. The van der Waals surface area contributed by atoms with E-state index < -0.39 is 5.82 Å². The van der Waals surface area contributed by atoms with Crippen molar-refractivity contribution in [3.05, 3.63) is 60.1 Å². The fraction of sp³-hybridized carbons (Fsp3) is 0.158. The van der Waals surface area contributed by atoms with Crippen molar-refractivity contribution in [3.8, 4) is 5.75 Å². The molecule has 0 aliphatic carbocycles. The number of amides is 1. The summed E-state index contributed by atoms with van der Waals surface area (Å²) in [5.74, 6) is -0.603. The second kappa shape index (κ2) is 7.17. The average molecular weight is 339 g/mol. The Bertz CT molecular complexity index is 947. The van der Waals surface area contributed by atoms with Crippen LogP contribution in [0.5, 0.6) is 5.75 Å². The summed E-state index contributed by atoms with van der Waals surface area (Å²) >= 11 is 0. The van der Waals surface area contributed by atoms with Gasteiger partial charge in [-0.1, -0.05) is 6.07 Å². The highest BCUT2D eigenvalue weighted by Gasteiger charge is 2.04. The third-order valence-electron chi connectivity index (χ3n) is 3.75. The van der Waals surface area contributed by atoms with Crippen molar-refractivity contribution in [1.82, 2.24) is 9.78 Å². The molecule has 3 rings (SSSR count). The summed E-state index contributed by atoms with van der Waals surface area (Å²) in [7, 11) is 1.40. The first-order chi connectivity index (χ1) is 12.1. The molecule has 0 aliphatic rings. The van der Waals surface area contributed by atoms with Crippen LogP contribution in [0.3, 0.4) is 0 Å². The number of rotatable bonds is 5. The van der Waals surface area contributed by atoms with Gasteiger partial charge in [0.05, 0.1) is 12.6 Å². The van der Waals surface area contributed by atoms with Crippen molar-refractivity contribution >= 4 is 28.6 Å². The van der Waals surface area contributed by atoms with Crippen LogP contribution in [0, 0.1) is 5.82 Å². The van der Waals surface area contributed by atoms with E-state index >= 15 is 0 Å².